The second-order valence-corrected chi connectivity index (χ2v) is 4.97. The molecular weight excluding hydrogens is 264 g/mol. The lowest BCUT2D eigenvalue weighted by atomic mass is 10.1. The molecule has 0 saturated heterocycles. The Bertz CT molecular complexity index is 608. The molecule has 0 aliphatic rings. The number of pyridine rings is 1. The van der Waals surface area contributed by atoms with Crippen LogP contribution in [0.4, 0.5) is 0 Å². The Labute approximate surface area is 115 Å². The van der Waals surface area contributed by atoms with Crippen LogP contribution in [-0.2, 0) is 6.42 Å². The third kappa shape index (κ3) is 2.45. The number of aromatic nitrogens is 1. The van der Waals surface area contributed by atoms with Gasteiger partial charge in [0.2, 0.25) is 0 Å². The fourth-order valence-corrected chi connectivity index (χ4v) is 3.02. The zero-order valence-corrected chi connectivity index (χ0v) is 11.4. The van der Waals surface area contributed by atoms with Crippen molar-refractivity contribution in [1.82, 2.24) is 4.98 Å². The highest BCUT2D eigenvalue weighted by Crippen LogP contribution is 2.34. The van der Waals surface area contributed by atoms with E-state index in [1.807, 2.05) is 17.5 Å². The molecule has 2 heterocycles. The molecule has 2 nitrogen and oxygen atoms in total. The van der Waals surface area contributed by atoms with Gasteiger partial charge in [0.25, 0.3) is 0 Å². The number of rotatable bonds is 3. The molecule has 0 bridgehead atoms. The minimum atomic E-state index is 0.474. The molecule has 2 aromatic rings. The predicted octanol–water partition coefficient (Wildman–Crippen LogP) is 4.34. The van der Waals surface area contributed by atoms with Crippen molar-refractivity contribution in [2.75, 3.05) is 0 Å². The molecule has 0 atom stereocenters. The maximum absolute atomic E-state index is 9.30. The summed E-state index contributed by atoms with van der Waals surface area (Å²) in [7, 11) is 0. The van der Waals surface area contributed by atoms with Gasteiger partial charge in [0.1, 0.15) is 6.07 Å². The highest BCUT2D eigenvalue weighted by molar-refractivity contribution is 7.12. The van der Waals surface area contributed by atoms with Crippen molar-refractivity contribution in [3.05, 3.63) is 52.0 Å². The minimum absolute atomic E-state index is 0.474. The number of thiophene rings is 1. The smallest absolute Gasteiger partial charge is 0.101 e. The molecule has 0 aliphatic heterocycles. The number of hydrogen-bond acceptors (Lipinski definition) is 3. The van der Waals surface area contributed by atoms with Crippen molar-refractivity contribution < 1.29 is 0 Å². The second-order valence-electron chi connectivity index (χ2n) is 3.67. The topological polar surface area (TPSA) is 36.7 Å². The third-order valence-electron chi connectivity index (χ3n) is 2.61. The monoisotopic (exact) mass is 274 g/mol. The van der Waals surface area contributed by atoms with Crippen LogP contribution in [0.25, 0.3) is 10.6 Å². The van der Waals surface area contributed by atoms with Gasteiger partial charge in [-0.3, -0.25) is 4.98 Å². The summed E-state index contributed by atoms with van der Waals surface area (Å²) >= 11 is 7.93. The van der Waals surface area contributed by atoms with Gasteiger partial charge in [0.15, 0.2) is 0 Å². The largest absolute Gasteiger partial charge is 0.264 e. The van der Waals surface area contributed by atoms with Crippen molar-refractivity contribution in [1.29, 1.82) is 5.26 Å². The molecular formula is C14H11ClN2S. The standard InChI is InChI=1S/C14H11ClN2S/c1-2-10-5-7-18-14(10)13(15)12(8-16)11-4-3-6-17-9-11/h3-7,9H,2H2,1H3/b13-12+. The van der Waals surface area contributed by atoms with E-state index in [4.69, 9.17) is 11.6 Å². The summed E-state index contributed by atoms with van der Waals surface area (Å²) in [6.45, 7) is 2.08. The van der Waals surface area contributed by atoms with Gasteiger partial charge in [-0.2, -0.15) is 5.26 Å². The Hall–Kier alpha value is -1.63. The summed E-state index contributed by atoms with van der Waals surface area (Å²) in [6.07, 6.45) is 4.23. The molecule has 0 aromatic carbocycles. The van der Waals surface area contributed by atoms with Gasteiger partial charge in [0, 0.05) is 18.0 Å². The van der Waals surface area contributed by atoms with E-state index in [-0.39, 0.29) is 0 Å². The molecule has 0 fully saturated rings. The van der Waals surface area contributed by atoms with Crippen LogP contribution in [0.5, 0.6) is 0 Å². The number of halogens is 1. The van der Waals surface area contributed by atoms with Crippen LogP contribution in [0.1, 0.15) is 22.9 Å². The predicted molar refractivity (Wildman–Crippen MR) is 76.2 cm³/mol. The highest BCUT2D eigenvalue weighted by Gasteiger charge is 2.13. The van der Waals surface area contributed by atoms with Gasteiger partial charge < -0.3 is 0 Å². The molecule has 0 aliphatic carbocycles. The summed E-state index contributed by atoms with van der Waals surface area (Å²) in [5, 5.41) is 11.8. The van der Waals surface area contributed by atoms with E-state index in [1.54, 1.807) is 29.8 Å². The first-order valence-electron chi connectivity index (χ1n) is 5.55. The molecule has 2 rings (SSSR count). The molecule has 0 saturated carbocycles. The van der Waals surface area contributed by atoms with E-state index >= 15 is 0 Å². The fraction of sp³-hybridized carbons (Fsp3) is 0.143. The van der Waals surface area contributed by atoms with Crippen LogP contribution < -0.4 is 0 Å². The Morgan fingerprint density at radius 3 is 2.94 bits per heavy atom. The van der Waals surface area contributed by atoms with Gasteiger partial charge in [-0.15, -0.1) is 11.3 Å². The first-order chi connectivity index (χ1) is 8.77. The lowest BCUT2D eigenvalue weighted by molar-refractivity contribution is 1.15. The molecule has 0 unspecified atom stereocenters. The quantitative estimate of drug-likeness (QED) is 0.781. The Morgan fingerprint density at radius 1 is 1.50 bits per heavy atom. The zero-order valence-electron chi connectivity index (χ0n) is 9.85. The van der Waals surface area contributed by atoms with Crippen molar-refractivity contribution in [3.63, 3.8) is 0 Å². The summed E-state index contributed by atoms with van der Waals surface area (Å²) in [5.74, 6) is 0. The lowest BCUT2D eigenvalue weighted by Gasteiger charge is -2.04. The SMILES string of the molecule is CCc1ccsc1/C(Cl)=C(/C#N)c1cccnc1. The number of nitriles is 1. The fourth-order valence-electron chi connectivity index (χ4n) is 1.67. The van der Waals surface area contributed by atoms with Crippen molar-refractivity contribution in [3.8, 4) is 6.07 Å². The first-order valence-corrected chi connectivity index (χ1v) is 6.80. The van der Waals surface area contributed by atoms with Crippen LogP contribution in [0, 0.1) is 11.3 Å². The average Bonchev–Trinajstić information content (AvgIpc) is 2.89. The van der Waals surface area contributed by atoms with Gasteiger partial charge in [-0.05, 0) is 29.5 Å². The van der Waals surface area contributed by atoms with Crippen LogP contribution in [0.2, 0.25) is 0 Å². The normalized spacial score (nSPS) is 11.8. The van der Waals surface area contributed by atoms with Crippen LogP contribution in [0.15, 0.2) is 36.0 Å². The average molecular weight is 275 g/mol. The highest BCUT2D eigenvalue weighted by atomic mass is 35.5. The molecule has 0 amide bonds. The zero-order chi connectivity index (χ0) is 13.0. The van der Waals surface area contributed by atoms with E-state index in [2.05, 4.69) is 18.0 Å². The minimum Gasteiger partial charge on any atom is -0.264 e. The van der Waals surface area contributed by atoms with Crippen molar-refractivity contribution in [2.24, 2.45) is 0 Å². The van der Waals surface area contributed by atoms with E-state index in [0.717, 1.165) is 16.9 Å². The van der Waals surface area contributed by atoms with Gasteiger partial charge in [-0.25, -0.2) is 0 Å². The van der Waals surface area contributed by atoms with E-state index in [9.17, 15) is 5.26 Å². The van der Waals surface area contributed by atoms with Crippen LogP contribution in [0.3, 0.4) is 0 Å². The van der Waals surface area contributed by atoms with E-state index in [1.165, 1.54) is 5.56 Å². The lowest BCUT2D eigenvalue weighted by Crippen LogP contribution is -1.88. The summed E-state index contributed by atoms with van der Waals surface area (Å²) in [6, 6.07) is 7.85. The molecule has 0 radical (unpaired) electrons. The summed E-state index contributed by atoms with van der Waals surface area (Å²) in [4.78, 5) is 4.99. The van der Waals surface area contributed by atoms with E-state index in [0.29, 0.717) is 10.6 Å². The molecule has 90 valence electrons. The molecule has 18 heavy (non-hydrogen) atoms. The maximum Gasteiger partial charge on any atom is 0.101 e. The second kappa shape index (κ2) is 5.81. The number of nitrogens with zero attached hydrogens (tertiary/aromatic N) is 2. The Kier molecular flexibility index (Phi) is 4.14. The number of hydrogen-bond donors (Lipinski definition) is 0. The number of allylic oxidation sites excluding steroid dienone is 1. The van der Waals surface area contributed by atoms with Crippen LogP contribution >= 0.6 is 22.9 Å². The molecule has 0 spiro atoms. The molecule has 4 heteroatoms. The Balaban J connectivity index is 2.55. The molecule has 0 N–H and O–H groups in total. The first kappa shape index (κ1) is 12.8. The van der Waals surface area contributed by atoms with Crippen molar-refractivity contribution >= 4 is 33.5 Å². The molecule has 2 aromatic heterocycles. The van der Waals surface area contributed by atoms with Gasteiger partial charge >= 0.3 is 0 Å². The summed E-state index contributed by atoms with van der Waals surface area (Å²) in [5.41, 5.74) is 2.39. The third-order valence-corrected chi connectivity index (χ3v) is 4.07. The number of aryl methyl sites for hydroxylation is 1. The van der Waals surface area contributed by atoms with Gasteiger partial charge in [0.05, 0.1) is 15.5 Å². The van der Waals surface area contributed by atoms with E-state index < -0.39 is 0 Å². The summed E-state index contributed by atoms with van der Waals surface area (Å²) < 4.78 is 0. The van der Waals surface area contributed by atoms with Crippen LogP contribution in [-0.4, -0.2) is 4.98 Å². The van der Waals surface area contributed by atoms with Gasteiger partial charge in [-0.1, -0.05) is 24.6 Å². The van der Waals surface area contributed by atoms with Crippen molar-refractivity contribution in [2.45, 2.75) is 13.3 Å². The maximum atomic E-state index is 9.30. The Morgan fingerprint density at radius 2 is 2.33 bits per heavy atom.